The Bertz CT molecular complexity index is 176. The fourth-order valence-electron chi connectivity index (χ4n) is 0.769. The summed E-state index contributed by atoms with van der Waals surface area (Å²) in [5.74, 6) is 0. The average molecular weight is 194 g/mol. The lowest BCUT2D eigenvalue weighted by molar-refractivity contribution is 0.315. The highest BCUT2D eigenvalue weighted by Gasteiger charge is 2.44. The standard InChI is InChI=1S/C6H13NO2PS/c1-3-6-5-9-10(11,7-6)8-4-2/h5,7,11H,3-4H2,1-2H3/q+1. The van der Waals surface area contributed by atoms with E-state index in [-0.39, 0.29) is 0 Å². The fourth-order valence-corrected chi connectivity index (χ4v) is 3.01. The Balaban J connectivity index is 2.43. The van der Waals surface area contributed by atoms with Gasteiger partial charge in [-0.15, -0.1) is 0 Å². The van der Waals surface area contributed by atoms with Gasteiger partial charge in [0, 0.05) is 0 Å². The highest BCUT2D eigenvalue weighted by atomic mass is 32.7. The maximum atomic E-state index is 5.31. The summed E-state index contributed by atoms with van der Waals surface area (Å²) in [4.78, 5) is 0. The van der Waals surface area contributed by atoms with Crippen molar-refractivity contribution in [2.24, 2.45) is 0 Å². The van der Waals surface area contributed by atoms with Gasteiger partial charge in [-0.1, -0.05) is 6.92 Å². The summed E-state index contributed by atoms with van der Waals surface area (Å²) in [7, 11) is -2.04. The van der Waals surface area contributed by atoms with Gasteiger partial charge in [-0.25, -0.2) is 0 Å². The highest BCUT2D eigenvalue weighted by molar-refractivity contribution is 8.48. The van der Waals surface area contributed by atoms with Gasteiger partial charge in [-0.05, 0) is 13.3 Å². The summed E-state index contributed by atoms with van der Waals surface area (Å²) in [6, 6.07) is 0. The summed E-state index contributed by atoms with van der Waals surface area (Å²) in [6.45, 7) is 4.60. The molecule has 0 spiro atoms. The van der Waals surface area contributed by atoms with Crippen molar-refractivity contribution in [2.45, 2.75) is 20.3 Å². The smallest absolute Gasteiger partial charge is 0.287 e. The molecule has 1 aliphatic heterocycles. The zero-order valence-corrected chi connectivity index (χ0v) is 8.49. The molecule has 1 rings (SSSR count). The van der Waals surface area contributed by atoms with Gasteiger partial charge < -0.3 is 0 Å². The summed E-state index contributed by atoms with van der Waals surface area (Å²) in [5.41, 5.74) is 1.06. The molecule has 0 saturated heterocycles. The van der Waals surface area contributed by atoms with Crippen molar-refractivity contribution in [3.05, 3.63) is 12.0 Å². The normalized spacial score (nSPS) is 29.2. The van der Waals surface area contributed by atoms with Crippen molar-refractivity contribution >= 4 is 19.3 Å². The molecule has 1 aliphatic rings. The first-order valence-corrected chi connectivity index (χ1v) is 6.40. The lowest BCUT2D eigenvalue weighted by Crippen LogP contribution is -2.08. The third-order valence-electron chi connectivity index (χ3n) is 1.31. The number of rotatable bonds is 3. The molecule has 0 aliphatic carbocycles. The number of allylic oxidation sites excluding steroid dienone is 1. The predicted molar refractivity (Wildman–Crippen MR) is 50.1 cm³/mol. The summed E-state index contributed by atoms with van der Waals surface area (Å²) >= 11 is 4.28. The van der Waals surface area contributed by atoms with Crippen LogP contribution in [0.4, 0.5) is 0 Å². The first kappa shape index (κ1) is 9.17. The topological polar surface area (TPSA) is 30.5 Å². The molecule has 0 fully saturated rings. The lowest BCUT2D eigenvalue weighted by Gasteiger charge is -2.10. The monoisotopic (exact) mass is 194 g/mol. The third kappa shape index (κ3) is 2.26. The predicted octanol–water partition coefficient (Wildman–Crippen LogP) is 2.50. The highest BCUT2D eigenvalue weighted by Crippen LogP contribution is 2.65. The molecule has 0 saturated carbocycles. The van der Waals surface area contributed by atoms with E-state index in [2.05, 4.69) is 24.3 Å². The van der Waals surface area contributed by atoms with E-state index in [1.165, 1.54) is 0 Å². The molecule has 11 heavy (non-hydrogen) atoms. The SMILES string of the molecule is CCO[P+]1(S)NC(CC)=CO1. The molecule has 0 aromatic heterocycles. The summed E-state index contributed by atoms with van der Waals surface area (Å²) in [5, 5.41) is 3.11. The minimum Gasteiger partial charge on any atom is -0.287 e. The second-order valence-corrected chi connectivity index (χ2v) is 5.47. The third-order valence-corrected chi connectivity index (χ3v) is 3.81. The van der Waals surface area contributed by atoms with Gasteiger partial charge in [0.2, 0.25) is 0 Å². The Morgan fingerprint density at radius 2 is 2.45 bits per heavy atom. The molecule has 1 unspecified atom stereocenters. The van der Waals surface area contributed by atoms with E-state index in [4.69, 9.17) is 9.05 Å². The second kappa shape index (κ2) is 3.65. The van der Waals surface area contributed by atoms with E-state index in [0.717, 1.165) is 12.1 Å². The molecule has 5 heteroatoms. The van der Waals surface area contributed by atoms with E-state index in [0.29, 0.717) is 6.61 Å². The number of hydrogen-bond donors (Lipinski definition) is 2. The maximum Gasteiger partial charge on any atom is 0.477 e. The van der Waals surface area contributed by atoms with Crippen LogP contribution in [0.2, 0.25) is 0 Å². The molecule has 0 aromatic rings. The van der Waals surface area contributed by atoms with Crippen LogP contribution < -0.4 is 5.09 Å². The molecule has 64 valence electrons. The average Bonchev–Trinajstić information content (AvgIpc) is 2.33. The molecule has 1 N–H and O–H groups in total. The fraction of sp³-hybridized carbons (Fsp3) is 0.667. The van der Waals surface area contributed by atoms with Gasteiger partial charge in [0.1, 0.15) is 0 Å². The van der Waals surface area contributed by atoms with E-state index >= 15 is 0 Å². The van der Waals surface area contributed by atoms with Crippen LogP contribution in [0, 0.1) is 0 Å². The molecular weight excluding hydrogens is 181 g/mol. The van der Waals surface area contributed by atoms with Crippen molar-refractivity contribution in [1.29, 1.82) is 0 Å². The van der Waals surface area contributed by atoms with E-state index in [1.54, 1.807) is 6.26 Å². The van der Waals surface area contributed by atoms with E-state index < -0.39 is 7.07 Å². The Morgan fingerprint density at radius 3 is 2.91 bits per heavy atom. The molecule has 1 atom stereocenters. The first-order chi connectivity index (χ1) is 5.20. The largest absolute Gasteiger partial charge is 0.477 e. The second-order valence-electron chi connectivity index (χ2n) is 2.15. The molecule has 1 heterocycles. The first-order valence-electron chi connectivity index (χ1n) is 3.62. The van der Waals surface area contributed by atoms with Crippen molar-refractivity contribution in [3.8, 4) is 0 Å². The van der Waals surface area contributed by atoms with Gasteiger partial charge in [0.25, 0.3) is 0 Å². The van der Waals surface area contributed by atoms with Gasteiger partial charge in [-0.2, -0.15) is 9.61 Å². The van der Waals surface area contributed by atoms with Crippen LogP contribution in [0.3, 0.4) is 0 Å². The van der Waals surface area contributed by atoms with Gasteiger partial charge >= 0.3 is 7.07 Å². The Hall–Kier alpha value is 0.0800. The Morgan fingerprint density at radius 1 is 1.73 bits per heavy atom. The minimum atomic E-state index is -2.04. The van der Waals surface area contributed by atoms with Crippen molar-refractivity contribution in [1.82, 2.24) is 5.09 Å². The molecule has 0 bridgehead atoms. The van der Waals surface area contributed by atoms with Crippen LogP contribution in [0.15, 0.2) is 12.0 Å². The Labute approximate surface area is 72.9 Å². The van der Waals surface area contributed by atoms with Crippen LogP contribution >= 0.6 is 19.3 Å². The van der Waals surface area contributed by atoms with Crippen LogP contribution in [0.1, 0.15) is 20.3 Å². The number of hydrogen-bond acceptors (Lipinski definition) is 4. The Kier molecular flexibility index (Phi) is 3.05. The minimum absolute atomic E-state index is 0.620. The molecule has 0 amide bonds. The quantitative estimate of drug-likeness (QED) is 0.534. The van der Waals surface area contributed by atoms with Crippen molar-refractivity contribution in [3.63, 3.8) is 0 Å². The van der Waals surface area contributed by atoms with Gasteiger partial charge in [0.15, 0.2) is 6.26 Å². The van der Waals surface area contributed by atoms with Crippen molar-refractivity contribution < 1.29 is 9.05 Å². The number of nitrogens with one attached hydrogen (secondary N) is 1. The van der Waals surface area contributed by atoms with Crippen LogP contribution in [0.5, 0.6) is 0 Å². The molecule has 0 radical (unpaired) electrons. The molecular formula is C6H13NO2PS+. The molecule has 3 nitrogen and oxygen atoms in total. The van der Waals surface area contributed by atoms with E-state index in [9.17, 15) is 0 Å². The van der Waals surface area contributed by atoms with E-state index in [1.807, 2.05) is 6.92 Å². The maximum absolute atomic E-state index is 5.31. The zero-order chi connectivity index (χ0) is 8.32. The van der Waals surface area contributed by atoms with Crippen LogP contribution in [-0.2, 0) is 9.05 Å². The van der Waals surface area contributed by atoms with Crippen LogP contribution in [0.25, 0.3) is 0 Å². The molecule has 0 aromatic carbocycles. The van der Waals surface area contributed by atoms with Gasteiger partial charge in [0.05, 0.1) is 24.6 Å². The lowest BCUT2D eigenvalue weighted by atomic mass is 10.4. The zero-order valence-electron chi connectivity index (χ0n) is 6.70. The number of thiol groups is 1. The summed E-state index contributed by atoms with van der Waals surface area (Å²) in [6.07, 6.45) is 2.62. The van der Waals surface area contributed by atoms with Crippen molar-refractivity contribution in [2.75, 3.05) is 6.61 Å². The summed E-state index contributed by atoms with van der Waals surface area (Å²) < 4.78 is 10.6. The van der Waals surface area contributed by atoms with Gasteiger partial charge in [-0.3, -0.25) is 4.52 Å². The van der Waals surface area contributed by atoms with Crippen LogP contribution in [-0.4, -0.2) is 6.61 Å².